The summed E-state index contributed by atoms with van der Waals surface area (Å²) in [5.41, 5.74) is 9.35. The number of rotatable bonds is 19. The van der Waals surface area contributed by atoms with Crippen LogP contribution in [0.25, 0.3) is 0 Å². The molecule has 66 heavy (non-hydrogen) atoms. The molecule has 1 fully saturated rings. The highest BCUT2D eigenvalue weighted by atomic mass is 16.7. The number of aromatic nitrogens is 6. The van der Waals surface area contributed by atoms with Crippen LogP contribution in [0, 0.1) is 0 Å². The summed E-state index contributed by atoms with van der Waals surface area (Å²) in [5, 5.41) is 17.7. The minimum absolute atomic E-state index is 0.0388. The summed E-state index contributed by atoms with van der Waals surface area (Å²) in [5.74, 6) is -2.79. The van der Waals surface area contributed by atoms with Crippen LogP contribution >= 0.6 is 0 Å². The lowest BCUT2D eigenvalue weighted by Gasteiger charge is -2.27. The lowest BCUT2D eigenvalue weighted by molar-refractivity contribution is -0.172. The van der Waals surface area contributed by atoms with Crippen LogP contribution in [-0.2, 0) is 61.1 Å². The number of aryl methyl sites for hydroxylation is 2. The van der Waals surface area contributed by atoms with Gasteiger partial charge in [-0.2, -0.15) is 0 Å². The zero-order chi connectivity index (χ0) is 48.2. The van der Waals surface area contributed by atoms with E-state index in [2.05, 4.69) is 71.0 Å². The first-order valence-electron chi connectivity index (χ1n) is 22.1. The fourth-order valence-electron chi connectivity index (χ4n) is 6.64. The highest BCUT2D eigenvalue weighted by Crippen LogP contribution is 2.21. The summed E-state index contributed by atoms with van der Waals surface area (Å²) in [7, 11) is 6.43. The Balaban J connectivity index is 1.14. The molecule has 3 heterocycles. The third-order valence-electron chi connectivity index (χ3n) is 9.81. The molecular weight excluding hydrogens is 851 g/mol. The fraction of sp³-hybridized carbons (Fsp3) is 0.522. The van der Waals surface area contributed by atoms with E-state index in [-0.39, 0.29) is 31.5 Å². The van der Waals surface area contributed by atoms with Crippen molar-refractivity contribution in [2.45, 2.75) is 124 Å². The number of guanidine groups is 1. The Hall–Kier alpha value is -6.54. The summed E-state index contributed by atoms with van der Waals surface area (Å²) < 4.78 is 21.0. The van der Waals surface area contributed by atoms with E-state index in [1.807, 2.05) is 10.9 Å². The van der Waals surface area contributed by atoms with E-state index in [0.29, 0.717) is 42.4 Å². The van der Waals surface area contributed by atoms with Crippen molar-refractivity contribution in [1.82, 2.24) is 44.4 Å². The normalized spacial score (nSPS) is 13.6. The molecule has 0 aliphatic carbocycles. The molecule has 1 aliphatic heterocycles. The van der Waals surface area contributed by atoms with Gasteiger partial charge >= 0.3 is 18.2 Å². The van der Waals surface area contributed by atoms with Gasteiger partial charge in [0.1, 0.15) is 16.9 Å². The molecule has 4 aromatic rings. The number of benzene rings is 2. The number of carbonyl (C=O) groups excluding carboxylic acids is 5. The second-order valence-corrected chi connectivity index (χ2v) is 19.0. The maximum Gasteiger partial charge on any atom is 0.437 e. The minimum Gasteiger partial charge on any atom is -0.443 e. The Kier molecular flexibility index (Phi) is 16.9. The van der Waals surface area contributed by atoms with Crippen molar-refractivity contribution in [3.8, 4) is 0 Å². The number of amides is 4. The number of unbranched alkanes of at least 4 members (excludes halogenated alkanes) is 2. The molecule has 1 saturated heterocycles. The van der Waals surface area contributed by atoms with Gasteiger partial charge < -0.3 is 24.8 Å². The molecule has 2 N–H and O–H groups in total. The van der Waals surface area contributed by atoms with Crippen LogP contribution in [0.4, 0.5) is 15.3 Å². The molecule has 0 atom stereocenters. The van der Waals surface area contributed by atoms with Crippen LogP contribution in [0.5, 0.6) is 0 Å². The monoisotopic (exact) mass is 914 g/mol. The van der Waals surface area contributed by atoms with Crippen LogP contribution in [0.1, 0.15) is 119 Å². The molecule has 5 rings (SSSR count). The molecule has 4 amide bonds. The van der Waals surface area contributed by atoms with Crippen LogP contribution in [0.3, 0.4) is 0 Å². The van der Waals surface area contributed by atoms with E-state index in [4.69, 9.17) is 24.8 Å². The van der Waals surface area contributed by atoms with Gasteiger partial charge in [-0.05, 0) is 121 Å². The molecule has 2 aromatic carbocycles. The van der Waals surface area contributed by atoms with Crippen molar-refractivity contribution < 1.29 is 43.0 Å². The molecule has 2 aromatic heterocycles. The van der Waals surface area contributed by atoms with Crippen molar-refractivity contribution in [3.63, 3.8) is 0 Å². The zero-order valence-electron chi connectivity index (χ0n) is 39.6. The van der Waals surface area contributed by atoms with E-state index >= 15 is 0 Å². The predicted molar refractivity (Wildman–Crippen MR) is 244 cm³/mol. The Morgan fingerprint density at radius 3 is 1.80 bits per heavy atom. The van der Waals surface area contributed by atoms with Gasteiger partial charge in [0.15, 0.2) is 0 Å². The van der Waals surface area contributed by atoms with E-state index in [0.717, 1.165) is 52.9 Å². The van der Waals surface area contributed by atoms with E-state index in [1.54, 1.807) is 58.5 Å². The number of imide groups is 1. The average molecular weight is 915 g/mol. The van der Waals surface area contributed by atoms with Crippen LogP contribution in [-0.4, -0.2) is 121 Å². The maximum absolute atomic E-state index is 13.5. The summed E-state index contributed by atoms with van der Waals surface area (Å²) >= 11 is 0. The SMILES string of the molecule is CC(C)(C)OC(=O)/N=C(\N)N(Cc1cc(Cn2cc(CCCCOCCCCc3cn(Cc4ccc([N+](C)(C)C)cc4)nn3)nn2)cc(C(=O)ON2C(=O)CCC2=O)c1)C(=O)OC(C)(C)C. The molecule has 356 valence electrons. The van der Waals surface area contributed by atoms with Crippen LogP contribution in [0.2, 0.25) is 0 Å². The molecule has 0 radical (unpaired) electrons. The van der Waals surface area contributed by atoms with Crippen molar-refractivity contribution in [2.24, 2.45) is 10.7 Å². The predicted octanol–water partition coefficient (Wildman–Crippen LogP) is 5.73. The van der Waals surface area contributed by atoms with Gasteiger partial charge in [0.2, 0.25) is 5.96 Å². The van der Waals surface area contributed by atoms with Crippen molar-refractivity contribution in [3.05, 3.63) is 88.5 Å². The largest absolute Gasteiger partial charge is 0.443 e. The molecule has 1 aliphatic rings. The molecular formula is C46H64N11O9+. The molecule has 0 saturated carbocycles. The number of nitrogens with zero attached hydrogens (tertiary/aromatic N) is 10. The minimum atomic E-state index is -1.03. The lowest BCUT2D eigenvalue weighted by Crippen LogP contribution is -2.45. The van der Waals surface area contributed by atoms with E-state index in [9.17, 15) is 24.0 Å². The van der Waals surface area contributed by atoms with Crippen molar-refractivity contribution in [2.75, 3.05) is 34.4 Å². The van der Waals surface area contributed by atoms with Crippen LogP contribution in [0.15, 0.2) is 59.9 Å². The molecule has 0 spiro atoms. The Bertz CT molecular complexity index is 2340. The Morgan fingerprint density at radius 1 is 0.742 bits per heavy atom. The Labute approximate surface area is 385 Å². The number of nitrogens with two attached hydrogens (primary N) is 1. The van der Waals surface area contributed by atoms with Crippen molar-refractivity contribution in [1.29, 1.82) is 0 Å². The smallest absolute Gasteiger partial charge is 0.437 e. The standard InChI is InChI=1S/C46H63N11O9/c1-45(2,3)64-43(61)48-42(47)55(44(62)65-46(4,5)6)29-34-24-33(25-35(26-34)41(60)66-56-39(58)20-21-40(56)59)28-54-31-37(50-52-54)15-11-13-23-63-22-12-10-14-36-30-53(51-49-36)27-32-16-18-38(19-17-32)57(7,8)9/h16-19,24-26,30-31H,10-15,20-23,27-29H2,1-9H3,(H-,47,48,61)/p+1. The number of carbonyl (C=O) groups is 5. The van der Waals surface area contributed by atoms with Gasteiger partial charge in [-0.15, -0.1) is 20.3 Å². The number of ether oxygens (including phenoxy) is 3. The highest BCUT2D eigenvalue weighted by molar-refractivity contribution is 6.03. The van der Waals surface area contributed by atoms with Crippen molar-refractivity contribution >= 4 is 41.6 Å². The van der Waals surface area contributed by atoms with Gasteiger partial charge in [0, 0.05) is 38.4 Å². The van der Waals surface area contributed by atoms with Gasteiger partial charge in [0.25, 0.3) is 11.8 Å². The quantitative estimate of drug-likeness (QED) is 0.0390. The lowest BCUT2D eigenvalue weighted by atomic mass is 10.0. The second-order valence-electron chi connectivity index (χ2n) is 19.0. The van der Waals surface area contributed by atoms with Gasteiger partial charge in [0.05, 0.1) is 57.7 Å². The third kappa shape index (κ3) is 16.2. The number of hydrogen-bond donors (Lipinski definition) is 1. The second kappa shape index (κ2) is 22.1. The summed E-state index contributed by atoms with van der Waals surface area (Å²) in [6, 6.07) is 13.2. The fourth-order valence-corrected chi connectivity index (χ4v) is 6.64. The topological polar surface area (TPSA) is 229 Å². The molecule has 0 bridgehead atoms. The number of quaternary nitrogens is 1. The van der Waals surface area contributed by atoms with Gasteiger partial charge in [-0.3, -0.25) is 14.1 Å². The van der Waals surface area contributed by atoms with Gasteiger partial charge in [-0.1, -0.05) is 28.6 Å². The first-order valence-corrected chi connectivity index (χ1v) is 22.1. The summed E-state index contributed by atoms with van der Waals surface area (Å²) in [4.78, 5) is 73.9. The first-order chi connectivity index (χ1) is 31.0. The molecule has 20 nitrogen and oxygen atoms in total. The zero-order valence-corrected chi connectivity index (χ0v) is 39.6. The van der Waals surface area contributed by atoms with Gasteiger partial charge in [-0.25, -0.2) is 28.6 Å². The Morgan fingerprint density at radius 2 is 1.27 bits per heavy atom. The highest BCUT2D eigenvalue weighted by Gasteiger charge is 2.34. The first kappa shape index (κ1) is 50.5. The van der Waals surface area contributed by atoms with Crippen LogP contribution < -0.4 is 10.2 Å². The van der Waals surface area contributed by atoms with E-state index in [1.165, 1.54) is 23.4 Å². The maximum atomic E-state index is 13.5. The summed E-state index contributed by atoms with van der Waals surface area (Å²) in [6.45, 7) is 11.7. The number of hydrogen-bond acceptors (Lipinski definition) is 13. The number of hydroxylamine groups is 2. The average Bonchev–Trinajstić information content (AvgIpc) is 3.94. The molecule has 20 heteroatoms. The number of aliphatic imine (C=N–C) groups is 1. The summed E-state index contributed by atoms with van der Waals surface area (Å²) in [6.07, 6.45) is 6.70. The van der Waals surface area contributed by atoms with E-state index < -0.39 is 47.1 Å². The third-order valence-corrected chi connectivity index (χ3v) is 9.81. The molecule has 0 unspecified atom stereocenters.